The van der Waals surface area contributed by atoms with Crippen molar-refractivity contribution >= 4 is 29.1 Å². The summed E-state index contributed by atoms with van der Waals surface area (Å²) in [4.78, 5) is 24.1. The lowest BCUT2D eigenvalue weighted by Gasteiger charge is -2.21. The van der Waals surface area contributed by atoms with E-state index in [4.69, 9.17) is 17.3 Å². The molecule has 0 aliphatic heterocycles. The van der Waals surface area contributed by atoms with Crippen molar-refractivity contribution in [1.29, 1.82) is 0 Å². The van der Waals surface area contributed by atoms with E-state index in [9.17, 15) is 22.8 Å². The standard InChI is InChI=1S/C13H15ClF3N3O2/c1-7(12(18)22)20(2)6-11(21)19-8-3-4-10(14)9(5-8)13(15,16)17/h3-5,7H,6H2,1-2H3,(H2,18,22)(H,19,21). The number of carbonyl (C=O) groups excluding carboxylic acids is 2. The van der Waals surface area contributed by atoms with Crippen molar-refractivity contribution in [3.8, 4) is 0 Å². The highest BCUT2D eigenvalue weighted by atomic mass is 35.5. The molecule has 0 bridgehead atoms. The van der Waals surface area contributed by atoms with Crippen molar-refractivity contribution in [2.45, 2.75) is 19.1 Å². The topological polar surface area (TPSA) is 75.4 Å². The first kappa shape index (κ1) is 18.2. The van der Waals surface area contributed by atoms with E-state index in [1.165, 1.54) is 24.9 Å². The van der Waals surface area contributed by atoms with E-state index in [1.807, 2.05) is 0 Å². The van der Waals surface area contributed by atoms with Crippen LogP contribution >= 0.6 is 11.6 Å². The van der Waals surface area contributed by atoms with Gasteiger partial charge in [0.05, 0.1) is 23.2 Å². The molecule has 0 saturated carbocycles. The molecule has 1 rings (SSSR count). The molecule has 22 heavy (non-hydrogen) atoms. The van der Waals surface area contributed by atoms with Gasteiger partial charge < -0.3 is 11.1 Å². The van der Waals surface area contributed by atoms with Gasteiger partial charge in [0.15, 0.2) is 0 Å². The maximum Gasteiger partial charge on any atom is 0.417 e. The highest BCUT2D eigenvalue weighted by Crippen LogP contribution is 2.36. The number of nitrogens with zero attached hydrogens (tertiary/aromatic N) is 1. The maximum absolute atomic E-state index is 12.7. The third-order valence-electron chi connectivity index (χ3n) is 3.02. The molecule has 1 aromatic rings. The van der Waals surface area contributed by atoms with Gasteiger partial charge in [0, 0.05) is 5.69 Å². The van der Waals surface area contributed by atoms with Crippen LogP contribution in [-0.2, 0) is 15.8 Å². The first-order valence-electron chi connectivity index (χ1n) is 6.18. The SMILES string of the molecule is CC(C(N)=O)N(C)CC(=O)Nc1ccc(Cl)c(C(F)(F)F)c1. The van der Waals surface area contributed by atoms with Gasteiger partial charge in [0.2, 0.25) is 11.8 Å². The smallest absolute Gasteiger partial charge is 0.368 e. The molecule has 0 spiro atoms. The Kier molecular flexibility index (Phi) is 5.78. The highest BCUT2D eigenvalue weighted by Gasteiger charge is 2.33. The third-order valence-corrected chi connectivity index (χ3v) is 3.35. The van der Waals surface area contributed by atoms with Gasteiger partial charge in [0.1, 0.15) is 0 Å². The molecule has 5 nitrogen and oxygen atoms in total. The number of carbonyl (C=O) groups is 2. The number of hydrogen-bond acceptors (Lipinski definition) is 3. The van der Waals surface area contributed by atoms with Crippen molar-refractivity contribution in [1.82, 2.24) is 4.90 Å². The van der Waals surface area contributed by atoms with Crippen molar-refractivity contribution in [3.05, 3.63) is 28.8 Å². The van der Waals surface area contributed by atoms with Gasteiger partial charge in [-0.1, -0.05) is 11.6 Å². The zero-order chi connectivity index (χ0) is 17.1. The lowest BCUT2D eigenvalue weighted by atomic mass is 10.2. The number of amides is 2. The second-order valence-electron chi connectivity index (χ2n) is 4.73. The number of nitrogens with two attached hydrogens (primary N) is 1. The average Bonchev–Trinajstić information content (AvgIpc) is 2.38. The largest absolute Gasteiger partial charge is 0.417 e. The predicted molar refractivity (Wildman–Crippen MR) is 76.4 cm³/mol. The molecule has 1 unspecified atom stereocenters. The normalized spacial score (nSPS) is 13.0. The molecule has 0 aliphatic carbocycles. The molecule has 0 radical (unpaired) electrons. The summed E-state index contributed by atoms with van der Waals surface area (Å²) in [6, 6.07) is 2.38. The molecular weight excluding hydrogens is 323 g/mol. The average molecular weight is 338 g/mol. The first-order valence-corrected chi connectivity index (χ1v) is 6.56. The van der Waals surface area contributed by atoms with Gasteiger partial charge in [-0.05, 0) is 32.2 Å². The van der Waals surface area contributed by atoms with Gasteiger partial charge in [-0.3, -0.25) is 14.5 Å². The van der Waals surface area contributed by atoms with Crippen LogP contribution in [0.25, 0.3) is 0 Å². The molecule has 0 heterocycles. The molecule has 1 atom stereocenters. The number of hydrogen-bond donors (Lipinski definition) is 2. The predicted octanol–water partition coefficient (Wildman–Crippen LogP) is 2.10. The summed E-state index contributed by atoms with van der Waals surface area (Å²) in [5.74, 6) is -1.19. The molecule has 2 amide bonds. The van der Waals surface area contributed by atoms with Gasteiger partial charge >= 0.3 is 6.18 Å². The lowest BCUT2D eigenvalue weighted by Crippen LogP contribution is -2.43. The van der Waals surface area contributed by atoms with E-state index in [-0.39, 0.29) is 12.2 Å². The van der Waals surface area contributed by atoms with Gasteiger partial charge in [-0.15, -0.1) is 0 Å². The van der Waals surface area contributed by atoms with Crippen LogP contribution in [0.2, 0.25) is 5.02 Å². The minimum atomic E-state index is -4.62. The Morgan fingerprint density at radius 1 is 1.41 bits per heavy atom. The van der Waals surface area contributed by atoms with E-state index in [2.05, 4.69) is 5.32 Å². The fourth-order valence-electron chi connectivity index (χ4n) is 1.60. The number of primary amides is 1. The van der Waals surface area contributed by atoms with Crippen LogP contribution in [0, 0.1) is 0 Å². The Hall–Kier alpha value is -1.80. The van der Waals surface area contributed by atoms with E-state index < -0.39 is 34.6 Å². The fraction of sp³-hybridized carbons (Fsp3) is 0.385. The van der Waals surface area contributed by atoms with Crippen molar-refractivity contribution in [2.24, 2.45) is 5.73 Å². The number of anilines is 1. The Bertz CT molecular complexity index is 578. The van der Waals surface area contributed by atoms with Gasteiger partial charge in [0.25, 0.3) is 0 Å². The Morgan fingerprint density at radius 2 is 2.00 bits per heavy atom. The lowest BCUT2D eigenvalue weighted by molar-refractivity contribution is -0.137. The van der Waals surface area contributed by atoms with Crippen LogP contribution in [-0.4, -0.2) is 36.3 Å². The summed E-state index contributed by atoms with van der Waals surface area (Å²) in [5, 5.41) is 1.86. The summed E-state index contributed by atoms with van der Waals surface area (Å²) in [7, 11) is 1.50. The zero-order valence-electron chi connectivity index (χ0n) is 11.9. The zero-order valence-corrected chi connectivity index (χ0v) is 12.6. The molecule has 1 aromatic carbocycles. The monoisotopic (exact) mass is 337 g/mol. The minimum absolute atomic E-state index is 0.0400. The summed E-state index contributed by atoms with van der Waals surface area (Å²) in [5.41, 5.74) is 4.02. The highest BCUT2D eigenvalue weighted by molar-refractivity contribution is 6.31. The molecule has 122 valence electrons. The molecular formula is C13H15ClF3N3O2. The Morgan fingerprint density at radius 3 is 2.50 bits per heavy atom. The maximum atomic E-state index is 12.7. The number of rotatable bonds is 5. The molecule has 0 aliphatic rings. The second kappa shape index (κ2) is 6.97. The molecule has 0 aromatic heterocycles. The van der Waals surface area contributed by atoms with Crippen LogP contribution in [0.15, 0.2) is 18.2 Å². The quantitative estimate of drug-likeness (QED) is 0.864. The molecule has 9 heteroatoms. The second-order valence-corrected chi connectivity index (χ2v) is 5.14. The van der Waals surface area contributed by atoms with Gasteiger partial charge in [-0.25, -0.2) is 0 Å². The van der Waals surface area contributed by atoms with E-state index in [0.29, 0.717) is 0 Å². The molecule has 3 N–H and O–H groups in total. The number of nitrogens with one attached hydrogen (secondary N) is 1. The summed E-state index contributed by atoms with van der Waals surface area (Å²) in [6.07, 6.45) is -4.62. The Balaban J connectivity index is 2.79. The summed E-state index contributed by atoms with van der Waals surface area (Å²) >= 11 is 5.49. The van der Waals surface area contributed by atoms with Gasteiger partial charge in [-0.2, -0.15) is 13.2 Å². The van der Waals surface area contributed by atoms with Crippen molar-refractivity contribution in [3.63, 3.8) is 0 Å². The third kappa shape index (κ3) is 4.88. The van der Waals surface area contributed by atoms with Crippen LogP contribution in [0.1, 0.15) is 12.5 Å². The van der Waals surface area contributed by atoms with E-state index in [1.54, 1.807) is 0 Å². The van der Waals surface area contributed by atoms with Crippen molar-refractivity contribution in [2.75, 3.05) is 18.9 Å². The summed E-state index contributed by atoms with van der Waals surface area (Å²) < 4.78 is 38.1. The first-order chi connectivity index (χ1) is 10.0. The van der Waals surface area contributed by atoms with Crippen LogP contribution < -0.4 is 11.1 Å². The van der Waals surface area contributed by atoms with Crippen LogP contribution in [0.3, 0.4) is 0 Å². The van der Waals surface area contributed by atoms with Crippen molar-refractivity contribution < 1.29 is 22.8 Å². The van der Waals surface area contributed by atoms with E-state index in [0.717, 1.165) is 12.1 Å². The molecule has 0 saturated heterocycles. The number of benzene rings is 1. The number of likely N-dealkylation sites (N-methyl/N-ethyl adjacent to an activating group) is 1. The van der Waals surface area contributed by atoms with Crippen LogP contribution in [0.5, 0.6) is 0 Å². The Labute approximate surface area is 130 Å². The number of alkyl halides is 3. The fourth-order valence-corrected chi connectivity index (χ4v) is 1.83. The molecule has 0 fully saturated rings. The summed E-state index contributed by atoms with van der Waals surface area (Å²) in [6.45, 7) is 1.31. The minimum Gasteiger partial charge on any atom is -0.368 e. The van der Waals surface area contributed by atoms with Crippen LogP contribution in [0.4, 0.5) is 18.9 Å². The number of halogens is 4. The van der Waals surface area contributed by atoms with E-state index >= 15 is 0 Å².